The molecule has 0 aromatic heterocycles. The molecule has 5 heteroatoms. The first kappa shape index (κ1) is 15.3. The van der Waals surface area contributed by atoms with Crippen molar-refractivity contribution >= 4 is 23.6 Å². The number of thioether (sulfide) groups is 1. The lowest BCUT2D eigenvalue weighted by Gasteiger charge is -2.16. The predicted octanol–water partition coefficient (Wildman–Crippen LogP) is 2.28. The lowest BCUT2D eigenvalue weighted by Crippen LogP contribution is -2.32. The first-order valence-electron chi connectivity index (χ1n) is 6.60. The summed E-state index contributed by atoms with van der Waals surface area (Å²) < 4.78 is 0. The smallest absolute Gasteiger partial charge is 0.303 e. The minimum Gasteiger partial charge on any atom is -0.481 e. The van der Waals surface area contributed by atoms with E-state index in [-0.39, 0.29) is 23.0 Å². The number of rotatable bonds is 9. The molecular weight excluding hydrogens is 250 g/mol. The van der Waals surface area contributed by atoms with Crippen molar-refractivity contribution in [2.24, 2.45) is 5.41 Å². The van der Waals surface area contributed by atoms with Crippen LogP contribution in [0.25, 0.3) is 0 Å². The van der Waals surface area contributed by atoms with Crippen molar-refractivity contribution in [3.63, 3.8) is 0 Å². The Hall–Kier alpha value is -0.710. The largest absolute Gasteiger partial charge is 0.481 e. The number of carboxylic acids is 1. The van der Waals surface area contributed by atoms with Crippen LogP contribution in [0, 0.1) is 5.41 Å². The molecule has 4 nitrogen and oxygen atoms in total. The summed E-state index contributed by atoms with van der Waals surface area (Å²) in [6.07, 6.45) is 4.28. The molecule has 1 unspecified atom stereocenters. The number of carbonyl (C=O) groups is 2. The van der Waals surface area contributed by atoms with Crippen molar-refractivity contribution in [2.45, 2.75) is 51.2 Å². The van der Waals surface area contributed by atoms with Gasteiger partial charge in [-0.15, -0.1) is 11.8 Å². The molecule has 18 heavy (non-hydrogen) atoms. The third kappa shape index (κ3) is 5.29. The molecule has 0 aromatic carbocycles. The van der Waals surface area contributed by atoms with E-state index < -0.39 is 5.97 Å². The van der Waals surface area contributed by atoms with Crippen LogP contribution in [-0.2, 0) is 9.59 Å². The highest BCUT2D eigenvalue weighted by Gasteiger charge is 2.44. The van der Waals surface area contributed by atoms with Crippen LogP contribution >= 0.6 is 11.8 Å². The van der Waals surface area contributed by atoms with Gasteiger partial charge in [-0.1, -0.05) is 13.3 Å². The van der Waals surface area contributed by atoms with Crippen molar-refractivity contribution in [3.05, 3.63) is 0 Å². The normalized spacial score (nSPS) is 18.1. The molecule has 2 N–H and O–H groups in total. The highest BCUT2D eigenvalue weighted by atomic mass is 32.2. The highest BCUT2D eigenvalue weighted by Crippen LogP contribution is 2.51. The number of amides is 1. The lowest BCUT2D eigenvalue weighted by atomic mass is 10.1. The molecule has 1 saturated carbocycles. The topological polar surface area (TPSA) is 66.4 Å². The van der Waals surface area contributed by atoms with Crippen LogP contribution < -0.4 is 5.32 Å². The van der Waals surface area contributed by atoms with Gasteiger partial charge in [0.1, 0.15) is 0 Å². The third-order valence-electron chi connectivity index (χ3n) is 3.32. The monoisotopic (exact) mass is 273 g/mol. The fourth-order valence-electron chi connectivity index (χ4n) is 1.78. The molecule has 1 amide bonds. The van der Waals surface area contributed by atoms with Crippen molar-refractivity contribution in [1.82, 2.24) is 5.32 Å². The molecule has 1 rings (SSSR count). The Bertz CT molecular complexity index is 303. The van der Waals surface area contributed by atoms with Crippen LogP contribution in [0.4, 0.5) is 0 Å². The molecule has 0 saturated heterocycles. The van der Waals surface area contributed by atoms with Gasteiger partial charge in [-0.25, -0.2) is 0 Å². The van der Waals surface area contributed by atoms with Crippen LogP contribution in [0.1, 0.15) is 46.0 Å². The average Bonchev–Trinajstić information content (AvgIpc) is 3.05. The van der Waals surface area contributed by atoms with Crippen LogP contribution in [-0.4, -0.2) is 34.5 Å². The van der Waals surface area contributed by atoms with E-state index in [2.05, 4.69) is 12.2 Å². The fourth-order valence-corrected chi connectivity index (χ4v) is 3.01. The van der Waals surface area contributed by atoms with Gasteiger partial charge in [0.05, 0.1) is 11.7 Å². The number of nitrogens with one attached hydrogen (secondary N) is 1. The molecular formula is C13H23NO3S. The Balaban J connectivity index is 2.22. The van der Waals surface area contributed by atoms with Crippen LogP contribution in [0.2, 0.25) is 0 Å². The number of hydrogen-bond acceptors (Lipinski definition) is 3. The summed E-state index contributed by atoms with van der Waals surface area (Å²) in [5, 5.41) is 11.6. The second kappa shape index (κ2) is 7.02. The molecule has 0 aliphatic heterocycles. The SMILES string of the molecule is CCCCNC(=O)C(C)SCC1(CC(=O)O)CC1. The van der Waals surface area contributed by atoms with Gasteiger partial charge in [-0.05, 0) is 31.6 Å². The summed E-state index contributed by atoms with van der Waals surface area (Å²) in [6.45, 7) is 4.72. The van der Waals surface area contributed by atoms with E-state index in [1.165, 1.54) is 0 Å². The zero-order chi connectivity index (χ0) is 13.6. The first-order chi connectivity index (χ1) is 8.49. The van der Waals surface area contributed by atoms with Crippen LogP contribution in [0.15, 0.2) is 0 Å². The summed E-state index contributed by atoms with van der Waals surface area (Å²) in [7, 11) is 0. The van der Waals surface area contributed by atoms with Crippen LogP contribution in [0.5, 0.6) is 0 Å². The van der Waals surface area contributed by atoms with Gasteiger partial charge >= 0.3 is 5.97 Å². The molecule has 1 fully saturated rings. The molecule has 0 heterocycles. The zero-order valence-corrected chi connectivity index (χ0v) is 12.0. The minimum atomic E-state index is -0.729. The van der Waals surface area contributed by atoms with Gasteiger partial charge in [-0.2, -0.15) is 0 Å². The van der Waals surface area contributed by atoms with Gasteiger partial charge < -0.3 is 10.4 Å². The summed E-state index contributed by atoms with van der Waals surface area (Å²) in [4.78, 5) is 22.4. The van der Waals surface area contributed by atoms with E-state index in [9.17, 15) is 9.59 Å². The summed E-state index contributed by atoms with van der Waals surface area (Å²) in [5.74, 6) is 0.120. The Morgan fingerprint density at radius 1 is 1.44 bits per heavy atom. The van der Waals surface area contributed by atoms with E-state index in [1.807, 2.05) is 6.92 Å². The Morgan fingerprint density at radius 3 is 2.61 bits per heavy atom. The number of unbranched alkanes of at least 4 members (excludes halogenated alkanes) is 1. The summed E-state index contributed by atoms with van der Waals surface area (Å²) in [6, 6.07) is 0. The molecule has 104 valence electrons. The van der Waals surface area contributed by atoms with E-state index >= 15 is 0 Å². The van der Waals surface area contributed by atoms with Crippen molar-refractivity contribution in [2.75, 3.05) is 12.3 Å². The standard InChI is InChI=1S/C13H23NO3S/c1-3-4-7-14-12(17)10(2)18-9-13(5-6-13)8-11(15)16/h10H,3-9H2,1-2H3,(H,14,17)(H,15,16). The summed E-state index contributed by atoms with van der Waals surface area (Å²) in [5.41, 5.74) is -0.0333. The Labute approximate surface area is 113 Å². The van der Waals surface area contributed by atoms with Gasteiger partial charge in [-0.3, -0.25) is 9.59 Å². The maximum Gasteiger partial charge on any atom is 0.303 e. The van der Waals surface area contributed by atoms with Crippen molar-refractivity contribution in [1.29, 1.82) is 0 Å². The van der Waals surface area contributed by atoms with E-state index in [1.54, 1.807) is 11.8 Å². The second-order valence-corrected chi connectivity index (χ2v) is 6.50. The van der Waals surface area contributed by atoms with Gasteiger partial charge in [0.25, 0.3) is 0 Å². The fraction of sp³-hybridized carbons (Fsp3) is 0.846. The first-order valence-corrected chi connectivity index (χ1v) is 7.65. The molecule has 1 aliphatic carbocycles. The van der Waals surface area contributed by atoms with E-state index in [0.29, 0.717) is 0 Å². The highest BCUT2D eigenvalue weighted by molar-refractivity contribution is 8.00. The Kier molecular flexibility index (Phi) is 5.99. The van der Waals surface area contributed by atoms with E-state index in [4.69, 9.17) is 5.11 Å². The maximum absolute atomic E-state index is 11.7. The summed E-state index contributed by atoms with van der Waals surface area (Å²) >= 11 is 1.58. The molecule has 0 bridgehead atoms. The second-order valence-electron chi connectivity index (χ2n) is 5.17. The van der Waals surface area contributed by atoms with Crippen molar-refractivity contribution in [3.8, 4) is 0 Å². The zero-order valence-electron chi connectivity index (χ0n) is 11.2. The van der Waals surface area contributed by atoms with Gasteiger partial charge in [0.15, 0.2) is 0 Å². The number of hydrogen-bond donors (Lipinski definition) is 2. The van der Waals surface area contributed by atoms with Crippen LogP contribution in [0.3, 0.4) is 0 Å². The maximum atomic E-state index is 11.7. The number of aliphatic carboxylic acids is 1. The van der Waals surface area contributed by atoms with Gasteiger partial charge in [0.2, 0.25) is 5.91 Å². The number of carbonyl (C=O) groups excluding carboxylic acids is 1. The lowest BCUT2D eigenvalue weighted by molar-refractivity contribution is -0.138. The molecule has 0 radical (unpaired) electrons. The predicted molar refractivity (Wildman–Crippen MR) is 73.8 cm³/mol. The molecule has 0 aromatic rings. The molecule has 0 spiro atoms. The Morgan fingerprint density at radius 2 is 2.11 bits per heavy atom. The molecule has 1 atom stereocenters. The van der Waals surface area contributed by atoms with E-state index in [0.717, 1.165) is 38.0 Å². The quantitative estimate of drug-likeness (QED) is 0.632. The van der Waals surface area contributed by atoms with Gasteiger partial charge in [0, 0.05) is 12.3 Å². The third-order valence-corrected chi connectivity index (χ3v) is 4.81. The van der Waals surface area contributed by atoms with Crippen molar-refractivity contribution < 1.29 is 14.7 Å². The molecule has 1 aliphatic rings. The minimum absolute atomic E-state index is 0.0333. The number of carboxylic acid groups (broad SMARTS) is 1. The average molecular weight is 273 g/mol.